The lowest BCUT2D eigenvalue weighted by Crippen LogP contribution is -2.15. The number of fused-ring (bicyclic) bond motifs is 26. The molecule has 0 aliphatic carbocycles. The number of hydrogen-bond acceptors (Lipinski definition) is 12. The van der Waals surface area contributed by atoms with E-state index in [0.717, 1.165) is 52.1 Å². The number of ether oxygens (including phenoxy) is 11. The molecule has 66 heavy (non-hydrogen) atoms. The van der Waals surface area contributed by atoms with Crippen molar-refractivity contribution in [2.75, 3.05) is 106 Å². The van der Waals surface area contributed by atoms with Crippen LogP contribution in [0.2, 0.25) is 0 Å². The highest BCUT2D eigenvalue weighted by molar-refractivity contribution is 5.93. The first-order chi connectivity index (χ1) is 32.8. The van der Waals surface area contributed by atoms with Gasteiger partial charge in [-0.15, -0.1) is 0 Å². The average Bonchev–Trinajstić information content (AvgIpc) is 3.35. The minimum atomic E-state index is 0.338. The zero-order chi connectivity index (χ0) is 45.1. The summed E-state index contributed by atoms with van der Waals surface area (Å²) in [5.41, 5.74) is 6.82. The first kappa shape index (κ1) is 48.4. The van der Waals surface area contributed by atoms with Crippen molar-refractivity contribution >= 4 is 10.8 Å². The van der Waals surface area contributed by atoms with E-state index in [4.69, 9.17) is 52.1 Å². The van der Waals surface area contributed by atoms with E-state index >= 15 is 0 Å². The summed E-state index contributed by atoms with van der Waals surface area (Å²) in [6, 6.07) is 45.3. The van der Waals surface area contributed by atoms with E-state index < -0.39 is 0 Å². The van der Waals surface area contributed by atoms with Gasteiger partial charge in [0.1, 0.15) is 49.4 Å². The number of rotatable bonds is 9. The molecule has 0 saturated carbocycles. The van der Waals surface area contributed by atoms with Crippen LogP contribution in [-0.4, -0.2) is 106 Å². The summed E-state index contributed by atoms with van der Waals surface area (Å²) >= 11 is 0. The number of nitrogens with one attached hydrogen (secondary N) is 1. The summed E-state index contributed by atoms with van der Waals surface area (Å²) in [6.45, 7) is 9.40. The van der Waals surface area contributed by atoms with Gasteiger partial charge in [-0.1, -0.05) is 103 Å². The molecule has 2 aliphatic heterocycles. The van der Waals surface area contributed by atoms with Gasteiger partial charge in [0, 0.05) is 29.4 Å². The maximum Gasteiger partial charge on any atom is 0.127 e. The Bertz CT molecular complexity index is 2260. The maximum absolute atomic E-state index is 6.24. The van der Waals surface area contributed by atoms with Crippen LogP contribution in [0.5, 0.6) is 23.0 Å². The number of hydrogen-bond donors (Lipinski definition) is 1. The van der Waals surface area contributed by atoms with Gasteiger partial charge in [0.05, 0.1) is 92.5 Å². The minimum absolute atomic E-state index is 0.338. The third kappa shape index (κ3) is 16.7. The Kier molecular flexibility index (Phi) is 20.9. The van der Waals surface area contributed by atoms with Crippen molar-refractivity contribution in [3.8, 4) is 34.1 Å². The molecule has 2 aliphatic rings. The Labute approximate surface area is 388 Å². The van der Waals surface area contributed by atoms with Crippen molar-refractivity contribution in [3.63, 3.8) is 0 Å². The van der Waals surface area contributed by atoms with Crippen LogP contribution in [0.25, 0.3) is 21.9 Å². The first-order valence-corrected chi connectivity index (χ1v) is 22.9. The molecule has 0 aromatic heterocycles. The summed E-state index contributed by atoms with van der Waals surface area (Å²) in [5.74, 6) is 2.98. The zero-order valence-corrected chi connectivity index (χ0v) is 37.8. The molecule has 2 heterocycles. The molecule has 6 aromatic carbocycles. The van der Waals surface area contributed by atoms with Gasteiger partial charge in [0.25, 0.3) is 0 Å². The Morgan fingerprint density at radius 2 is 0.788 bits per heavy atom. The predicted molar refractivity (Wildman–Crippen MR) is 255 cm³/mol. The Balaban J connectivity index is 0.854. The SMILES string of the molecule is c1ccc(CNCc2ccc(-c3ccc(COCc4cc5ccc4OCCOCCOCCOCCOc4cccc6c(cccc46)OCCOCCOCCOCCO5)cc3)cc2)cc1. The molecule has 0 amide bonds. The largest absolute Gasteiger partial charge is 0.491 e. The van der Waals surface area contributed by atoms with Crippen molar-refractivity contribution in [3.05, 3.63) is 156 Å². The molecule has 0 unspecified atom stereocenters. The summed E-state index contributed by atoms with van der Waals surface area (Å²) < 4.78 is 65.0. The molecule has 0 saturated heterocycles. The summed E-state index contributed by atoms with van der Waals surface area (Å²) in [5, 5.41) is 5.48. The second kappa shape index (κ2) is 28.5. The molecule has 6 aromatic rings. The molecular formula is C54H63NO11. The molecule has 0 fully saturated rings. The van der Waals surface area contributed by atoms with Crippen LogP contribution in [0, 0.1) is 0 Å². The second-order valence-corrected chi connectivity index (χ2v) is 15.4. The molecule has 0 radical (unpaired) electrons. The smallest absolute Gasteiger partial charge is 0.127 e. The van der Waals surface area contributed by atoms with Gasteiger partial charge in [-0.3, -0.25) is 0 Å². The summed E-state index contributed by atoms with van der Waals surface area (Å²) in [6.07, 6.45) is 0. The third-order valence-corrected chi connectivity index (χ3v) is 10.6. The molecule has 0 atom stereocenters. The van der Waals surface area contributed by atoms with Crippen LogP contribution < -0.4 is 24.3 Å². The van der Waals surface area contributed by atoms with Crippen LogP contribution in [-0.2, 0) is 59.5 Å². The fourth-order valence-corrected chi connectivity index (χ4v) is 7.17. The second-order valence-electron chi connectivity index (χ2n) is 15.4. The van der Waals surface area contributed by atoms with Crippen LogP contribution in [0.3, 0.4) is 0 Å². The van der Waals surface area contributed by atoms with Crippen molar-refractivity contribution in [2.24, 2.45) is 0 Å². The molecule has 1 N–H and O–H groups in total. The molecule has 8 rings (SSSR count). The molecule has 12 heteroatoms. The van der Waals surface area contributed by atoms with E-state index in [1.807, 2.05) is 60.7 Å². The third-order valence-electron chi connectivity index (χ3n) is 10.6. The lowest BCUT2D eigenvalue weighted by Gasteiger charge is -2.15. The van der Waals surface area contributed by atoms with Crippen molar-refractivity contribution in [1.82, 2.24) is 5.32 Å². The summed E-state index contributed by atoms with van der Waals surface area (Å²) in [4.78, 5) is 0. The highest BCUT2D eigenvalue weighted by Gasteiger charge is 2.10. The molecular weight excluding hydrogens is 839 g/mol. The van der Waals surface area contributed by atoms with E-state index in [1.54, 1.807) is 0 Å². The Morgan fingerprint density at radius 3 is 1.30 bits per heavy atom. The van der Waals surface area contributed by atoms with Gasteiger partial charge in [-0.25, -0.2) is 0 Å². The Morgan fingerprint density at radius 1 is 0.348 bits per heavy atom. The van der Waals surface area contributed by atoms with Gasteiger partial charge in [-0.05, 0) is 58.1 Å². The normalized spacial score (nSPS) is 16.0. The van der Waals surface area contributed by atoms with Crippen molar-refractivity contribution in [1.29, 1.82) is 0 Å². The summed E-state index contributed by atoms with van der Waals surface area (Å²) in [7, 11) is 0. The van der Waals surface area contributed by atoms with E-state index in [2.05, 4.69) is 78.1 Å². The van der Waals surface area contributed by atoms with Gasteiger partial charge < -0.3 is 57.4 Å². The van der Waals surface area contributed by atoms with Gasteiger partial charge >= 0.3 is 0 Å². The molecule has 350 valence electrons. The molecule has 6 bridgehead atoms. The van der Waals surface area contributed by atoms with Crippen LogP contribution in [0.4, 0.5) is 0 Å². The molecule has 0 spiro atoms. The maximum atomic E-state index is 6.24. The monoisotopic (exact) mass is 901 g/mol. The molecule has 12 nitrogen and oxygen atoms in total. The van der Waals surface area contributed by atoms with E-state index in [-0.39, 0.29) is 0 Å². The van der Waals surface area contributed by atoms with E-state index in [1.165, 1.54) is 16.7 Å². The first-order valence-electron chi connectivity index (χ1n) is 22.9. The predicted octanol–water partition coefficient (Wildman–Crippen LogP) is 8.84. The Hall–Kier alpha value is -5.54. The number of benzene rings is 6. The van der Waals surface area contributed by atoms with Crippen molar-refractivity contribution in [2.45, 2.75) is 26.3 Å². The zero-order valence-electron chi connectivity index (χ0n) is 37.8. The fourth-order valence-electron chi connectivity index (χ4n) is 7.17. The van der Waals surface area contributed by atoms with Crippen molar-refractivity contribution < 1.29 is 52.1 Å². The fraction of sp³-hybridized carbons (Fsp3) is 0.370. The lowest BCUT2D eigenvalue weighted by atomic mass is 10.0. The van der Waals surface area contributed by atoms with Crippen LogP contribution in [0.15, 0.2) is 133 Å². The topological polar surface area (TPSA) is 114 Å². The highest BCUT2D eigenvalue weighted by Crippen LogP contribution is 2.32. The highest BCUT2D eigenvalue weighted by atomic mass is 16.6. The quantitative estimate of drug-likeness (QED) is 0.140. The van der Waals surface area contributed by atoms with E-state index in [0.29, 0.717) is 130 Å². The van der Waals surface area contributed by atoms with E-state index in [9.17, 15) is 0 Å². The minimum Gasteiger partial charge on any atom is -0.491 e. The average molecular weight is 902 g/mol. The standard InChI is InChI=1S/C54H63NO11/c1-2-6-43(7-3-1)39-55-40-44-12-16-46(17-13-44)47-18-14-45(15-19-47)41-62-42-48-38-49-20-21-52(48)64-35-31-59-27-23-57-25-29-61-33-37-66-54-11-5-8-50-51(54)9-4-10-53(50)65-36-32-60-28-24-56-22-26-58-30-34-63-49/h1-21,38,55H,22-37,39-42H2. The van der Waals surface area contributed by atoms with Crippen LogP contribution in [0.1, 0.15) is 22.3 Å². The van der Waals surface area contributed by atoms with Gasteiger partial charge in [0.2, 0.25) is 0 Å². The van der Waals surface area contributed by atoms with Gasteiger partial charge in [0.15, 0.2) is 0 Å². The van der Waals surface area contributed by atoms with Crippen LogP contribution >= 0.6 is 0 Å². The van der Waals surface area contributed by atoms with Gasteiger partial charge in [-0.2, -0.15) is 0 Å². The lowest BCUT2D eigenvalue weighted by molar-refractivity contribution is 0.00470.